The van der Waals surface area contributed by atoms with Gasteiger partial charge in [0.1, 0.15) is 22.4 Å². The first-order valence-corrected chi connectivity index (χ1v) is 31.8. The lowest BCUT2D eigenvalue weighted by atomic mass is 10.1. The number of unbranched alkanes of at least 4 members (excludes halogenated alkanes) is 20. The third-order valence-corrected chi connectivity index (χ3v) is 19.5. The van der Waals surface area contributed by atoms with Gasteiger partial charge in [0.05, 0.1) is 21.5 Å². The van der Waals surface area contributed by atoms with Gasteiger partial charge in [0.25, 0.3) is 0 Å². The fourth-order valence-corrected chi connectivity index (χ4v) is 15.3. The number of aromatic nitrogens is 4. The SMILES string of the molecule is CCCCCCCCN(CCCCCCCC)c1ccc(-c2cc3sc(-c4nnc(-c5cc6sc(-c7ccc(N(CCCCCCCC)CCCCCCCC)cc7)cc6s5)c5nsnc45)cc3s2)cc1. The van der Waals surface area contributed by atoms with E-state index < -0.39 is 0 Å². The number of nitrogens with zero attached hydrogens (tertiary/aromatic N) is 6. The van der Waals surface area contributed by atoms with E-state index in [1.165, 1.54) is 217 Å². The van der Waals surface area contributed by atoms with Crippen LogP contribution in [0.25, 0.3) is 71.9 Å². The van der Waals surface area contributed by atoms with Gasteiger partial charge in [-0.25, -0.2) is 0 Å². The largest absolute Gasteiger partial charge is 0.372 e. The van der Waals surface area contributed by atoms with Crippen LogP contribution in [0.2, 0.25) is 0 Å². The van der Waals surface area contributed by atoms with Crippen LogP contribution in [0, 0.1) is 0 Å². The van der Waals surface area contributed by atoms with Crippen molar-refractivity contribution in [1.29, 1.82) is 0 Å². The van der Waals surface area contributed by atoms with Crippen molar-refractivity contribution >= 4 is 98.3 Å². The van der Waals surface area contributed by atoms with Crippen LogP contribution >= 0.6 is 57.1 Å². The third-order valence-electron chi connectivity index (χ3n) is 14.2. The molecule has 0 amide bonds. The van der Waals surface area contributed by atoms with E-state index in [1.54, 1.807) is 22.7 Å². The minimum atomic E-state index is 0.828. The van der Waals surface area contributed by atoms with Crippen LogP contribution < -0.4 is 9.80 Å². The maximum atomic E-state index is 4.87. The van der Waals surface area contributed by atoms with Gasteiger partial charge in [0, 0.05) is 66.1 Å². The lowest BCUT2D eigenvalue weighted by molar-refractivity contribution is 0.575. The number of hydrogen-bond donors (Lipinski definition) is 0. The van der Waals surface area contributed by atoms with Crippen LogP contribution in [-0.2, 0) is 0 Å². The molecule has 11 heteroatoms. The van der Waals surface area contributed by atoms with E-state index >= 15 is 0 Å². The van der Waals surface area contributed by atoms with Gasteiger partial charge in [-0.2, -0.15) is 8.75 Å². The zero-order valence-corrected chi connectivity index (χ0v) is 47.5. The van der Waals surface area contributed by atoms with E-state index in [2.05, 4.69) is 110 Å². The molecule has 0 aliphatic rings. The van der Waals surface area contributed by atoms with E-state index in [9.17, 15) is 0 Å². The summed E-state index contributed by atoms with van der Waals surface area (Å²) in [6.45, 7) is 13.8. The molecule has 6 heterocycles. The maximum absolute atomic E-state index is 4.87. The Labute approximate surface area is 446 Å². The van der Waals surface area contributed by atoms with Gasteiger partial charge >= 0.3 is 0 Å². The average Bonchev–Trinajstić information content (AvgIpc) is 4.25. The van der Waals surface area contributed by atoms with Crippen molar-refractivity contribution in [2.45, 2.75) is 182 Å². The lowest BCUT2D eigenvalue weighted by Crippen LogP contribution is -2.25. The first-order chi connectivity index (χ1) is 35.1. The van der Waals surface area contributed by atoms with Gasteiger partial charge in [-0.05, 0) is 85.3 Å². The second-order valence-electron chi connectivity index (χ2n) is 19.9. The van der Waals surface area contributed by atoms with Gasteiger partial charge in [-0.1, -0.05) is 180 Å². The Bertz CT molecular complexity index is 2480. The fourth-order valence-electron chi connectivity index (χ4n) is 9.96. The molecule has 0 spiro atoms. The van der Waals surface area contributed by atoms with Crippen LogP contribution in [0.1, 0.15) is 182 Å². The Morgan fingerprint density at radius 1 is 0.338 bits per heavy atom. The maximum Gasteiger partial charge on any atom is 0.136 e. The Hall–Kier alpha value is -3.74. The Balaban J connectivity index is 0.913. The number of thiophene rings is 4. The van der Waals surface area contributed by atoms with Gasteiger partial charge in [0.15, 0.2) is 0 Å². The van der Waals surface area contributed by atoms with E-state index in [1.807, 2.05) is 22.7 Å². The molecule has 0 fully saturated rings. The molecule has 8 rings (SSSR count). The lowest BCUT2D eigenvalue weighted by Gasteiger charge is -2.25. The predicted molar refractivity (Wildman–Crippen MR) is 319 cm³/mol. The zero-order valence-electron chi connectivity index (χ0n) is 43.5. The quantitative estimate of drug-likeness (QED) is 0.0375. The van der Waals surface area contributed by atoms with Crippen molar-refractivity contribution in [3.63, 3.8) is 0 Å². The molecule has 71 heavy (non-hydrogen) atoms. The summed E-state index contributed by atoms with van der Waals surface area (Å²) < 4.78 is 14.7. The second-order valence-corrected chi connectivity index (χ2v) is 24.8. The van der Waals surface area contributed by atoms with Gasteiger partial charge < -0.3 is 9.80 Å². The number of fused-ring (bicyclic) bond motifs is 3. The number of hydrogen-bond acceptors (Lipinski definition) is 11. The first-order valence-electron chi connectivity index (χ1n) is 27.8. The number of rotatable bonds is 34. The molecule has 6 aromatic heterocycles. The second kappa shape index (κ2) is 28.6. The molecule has 0 atom stereocenters. The van der Waals surface area contributed by atoms with Crippen LogP contribution in [0.4, 0.5) is 11.4 Å². The molecule has 0 aliphatic heterocycles. The van der Waals surface area contributed by atoms with Gasteiger partial charge in [0.2, 0.25) is 0 Å². The van der Waals surface area contributed by atoms with Crippen molar-refractivity contribution < 1.29 is 0 Å². The van der Waals surface area contributed by atoms with E-state index in [0.717, 1.165) is 58.4 Å². The smallest absolute Gasteiger partial charge is 0.136 e. The minimum Gasteiger partial charge on any atom is -0.372 e. The van der Waals surface area contributed by atoms with Crippen LogP contribution in [0.3, 0.4) is 0 Å². The highest BCUT2D eigenvalue weighted by atomic mass is 32.1. The summed E-state index contributed by atoms with van der Waals surface area (Å²) in [5.41, 5.74) is 8.66. The third kappa shape index (κ3) is 15.0. The van der Waals surface area contributed by atoms with Crippen LogP contribution in [-0.4, -0.2) is 45.1 Å². The molecule has 0 radical (unpaired) electrons. The van der Waals surface area contributed by atoms with Crippen molar-refractivity contribution in [1.82, 2.24) is 18.9 Å². The molecule has 8 aromatic rings. The highest BCUT2D eigenvalue weighted by molar-refractivity contribution is 7.31. The molecule has 0 N–H and O–H groups in total. The summed E-state index contributed by atoms with van der Waals surface area (Å²) in [6, 6.07) is 28.1. The van der Waals surface area contributed by atoms with E-state index in [0.29, 0.717) is 0 Å². The standard InChI is InChI=1S/C60H80N6S5/c1-5-9-13-17-21-25-37-65(38-26-22-18-14-10-6-2)47-33-29-45(30-34-47)49-41-51-53(67-49)43-55(69-51)57-59-60(64-71-63-59)58(62-61-57)56-44-54-52(70-56)42-50(68-54)46-31-35-48(36-32-46)66(39-27-23-19-15-11-7-3)40-28-24-20-16-12-8-4/h29-36,41-44H,5-28,37-40H2,1-4H3. The monoisotopic (exact) mass is 1040 g/mol. The molecule has 0 unspecified atom stereocenters. The Morgan fingerprint density at radius 2 is 0.620 bits per heavy atom. The first kappa shape index (κ1) is 53.5. The normalized spacial score (nSPS) is 11.8. The zero-order chi connectivity index (χ0) is 49.0. The molecule has 0 saturated carbocycles. The highest BCUT2D eigenvalue weighted by Crippen LogP contribution is 2.46. The van der Waals surface area contributed by atoms with Gasteiger partial charge in [-0.3, -0.25) is 0 Å². The summed E-state index contributed by atoms with van der Waals surface area (Å²) >= 11 is 8.55. The molecule has 0 aliphatic carbocycles. The Kier molecular flexibility index (Phi) is 21.6. The van der Waals surface area contributed by atoms with Crippen molar-refractivity contribution in [3.05, 3.63) is 72.8 Å². The average molecular weight is 1050 g/mol. The summed E-state index contributed by atoms with van der Waals surface area (Å²) in [5.74, 6) is 0. The summed E-state index contributed by atoms with van der Waals surface area (Å²) in [7, 11) is 0. The number of benzene rings is 2. The molecular formula is C60H80N6S5. The predicted octanol–water partition coefficient (Wildman–Crippen LogP) is 20.8. The van der Waals surface area contributed by atoms with Crippen molar-refractivity contribution in [2.75, 3.05) is 36.0 Å². The molecule has 6 nitrogen and oxygen atoms in total. The van der Waals surface area contributed by atoms with E-state index in [4.69, 9.17) is 18.9 Å². The van der Waals surface area contributed by atoms with Gasteiger partial charge in [-0.15, -0.1) is 55.5 Å². The molecular weight excluding hydrogens is 965 g/mol. The summed E-state index contributed by atoms with van der Waals surface area (Å²) in [4.78, 5) is 10.1. The van der Waals surface area contributed by atoms with E-state index in [-0.39, 0.29) is 0 Å². The van der Waals surface area contributed by atoms with Crippen LogP contribution in [0.15, 0.2) is 72.8 Å². The topological polar surface area (TPSA) is 58.0 Å². The highest BCUT2D eigenvalue weighted by Gasteiger charge is 2.22. The molecule has 380 valence electrons. The molecule has 2 aromatic carbocycles. The summed E-state index contributed by atoms with van der Waals surface area (Å²) in [5, 5.41) is 9.74. The molecule has 0 bridgehead atoms. The Morgan fingerprint density at radius 3 is 0.944 bits per heavy atom. The summed E-state index contributed by atoms with van der Waals surface area (Å²) in [6.07, 6.45) is 32.1. The van der Waals surface area contributed by atoms with Crippen molar-refractivity contribution in [3.8, 4) is 42.0 Å². The van der Waals surface area contributed by atoms with Crippen LogP contribution in [0.5, 0.6) is 0 Å². The van der Waals surface area contributed by atoms with Crippen molar-refractivity contribution in [2.24, 2.45) is 0 Å². The minimum absolute atomic E-state index is 0.828. The number of anilines is 2. The fraction of sp³-hybridized carbons (Fsp3) is 0.533. The molecule has 0 saturated heterocycles.